The van der Waals surface area contributed by atoms with Gasteiger partial charge in [-0.25, -0.2) is 0 Å². The van der Waals surface area contributed by atoms with Gasteiger partial charge in [0.1, 0.15) is 11.5 Å². The Balaban J connectivity index is 1.73. The molecule has 1 aliphatic rings. The number of likely N-dealkylation sites (tertiary alicyclic amines) is 1. The van der Waals surface area contributed by atoms with Gasteiger partial charge in [-0.3, -0.25) is 10.00 Å². The van der Waals surface area contributed by atoms with Gasteiger partial charge >= 0.3 is 0 Å². The van der Waals surface area contributed by atoms with Crippen LogP contribution in [-0.4, -0.2) is 42.4 Å². The zero-order chi connectivity index (χ0) is 14.7. The molecule has 0 aliphatic carbocycles. The molecule has 5 nitrogen and oxygen atoms in total. The number of rotatable bonds is 5. The second kappa shape index (κ2) is 6.18. The van der Waals surface area contributed by atoms with Gasteiger partial charge < -0.3 is 9.47 Å². The van der Waals surface area contributed by atoms with Crippen molar-refractivity contribution >= 4 is 0 Å². The zero-order valence-corrected chi connectivity index (χ0v) is 12.5. The van der Waals surface area contributed by atoms with Crippen LogP contribution in [0, 0.1) is 0 Å². The molecule has 1 aliphatic heterocycles. The predicted octanol–water partition coefficient (Wildman–Crippen LogP) is 2.42. The van der Waals surface area contributed by atoms with Crippen LogP contribution < -0.4 is 9.47 Å². The minimum atomic E-state index is 0.535. The number of nitrogens with zero attached hydrogens (tertiary/aromatic N) is 2. The van der Waals surface area contributed by atoms with Crippen molar-refractivity contribution in [1.29, 1.82) is 0 Å². The second-order valence-corrected chi connectivity index (χ2v) is 5.37. The average Bonchev–Trinajstić information content (AvgIpc) is 3.18. The Bertz CT molecular complexity index is 561. The van der Waals surface area contributed by atoms with Crippen LogP contribution in [0.25, 0.3) is 0 Å². The molecule has 0 radical (unpaired) electrons. The number of hydrogen-bond acceptors (Lipinski definition) is 4. The lowest BCUT2D eigenvalue weighted by Crippen LogP contribution is -2.20. The molecule has 21 heavy (non-hydrogen) atoms. The van der Waals surface area contributed by atoms with Crippen LogP contribution >= 0.6 is 0 Å². The fraction of sp³-hybridized carbons (Fsp3) is 0.438. The summed E-state index contributed by atoms with van der Waals surface area (Å²) in [6.07, 6.45) is 2.97. The van der Waals surface area contributed by atoms with E-state index in [9.17, 15) is 0 Å². The summed E-state index contributed by atoms with van der Waals surface area (Å²) >= 11 is 0. The minimum absolute atomic E-state index is 0.535. The fourth-order valence-electron chi connectivity index (χ4n) is 3.03. The lowest BCUT2D eigenvalue weighted by molar-refractivity contribution is 0.305. The van der Waals surface area contributed by atoms with Crippen molar-refractivity contribution in [3.63, 3.8) is 0 Å². The molecule has 0 spiro atoms. The Morgan fingerprint density at radius 1 is 1.24 bits per heavy atom. The van der Waals surface area contributed by atoms with Gasteiger partial charge in [-0.1, -0.05) is 6.07 Å². The molecule has 112 valence electrons. The van der Waals surface area contributed by atoms with Crippen molar-refractivity contribution in [2.24, 2.45) is 0 Å². The van der Waals surface area contributed by atoms with E-state index < -0.39 is 0 Å². The summed E-state index contributed by atoms with van der Waals surface area (Å²) in [6, 6.07) is 8.00. The summed E-state index contributed by atoms with van der Waals surface area (Å²) in [7, 11) is 3.41. The summed E-state index contributed by atoms with van der Waals surface area (Å²) in [5.41, 5.74) is 2.34. The molecule has 0 bridgehead atoms. The SMILES string of the molecule is COc1cccc(OC)c1CN1CCC(c2ccn[nH]2)C1. The van der Waals surface area contributed by atoms with E-state index in [0.717, 1.165) is 43.1 Å². The van der Waals surface area contributed by atoms with E-state index in [1.165, 1.54) is 5.69 Å². The van der Waals surface area contributed by atoms with E-state index in [-0.39, 0.29) is 0 Å². The van der Waals surface area contributed by atoms with E-state index in [4.69, 9.17) is 9.47 Å². The summed E-state index contributed by atoms with van der Waals surface area (Å²) in [4.78, 5) is 2.44. The Kier molecular flexibility index (Phi) is 4.10. The third kappa shape index (κ3) is 2.88. The molecular weight excluding hydrogens is 266 g/mol. The van der Waals surface area contributed by atoms with Crippen LogP contribution in [0.15, 0.2) is 30.5 Å². The Morgan fingerprint density at radius 2 is 2.00 bits per heavy atom. The molecule has 5 heteroatoms. The first-order valence-electron chi connectivity index (χ1n) is 7.23. The number of benzene rings is 1. The number of nitrogens with one attached hydrogen (secondary N) is 1. The first-order valence-corrected chi connectivity index (χ1v) is 7.23. The van der Waals surface area contributed by atoms with Crippen LogP contribution in [-0.2, 0) is 6.54 Å². The predicted molar refractivity (Wildman–Crippen MR) is 80.8 cm³/mol. The van der Waals surface area contributed by atoms with Crippen LogP contribution in [0.5, 0.6) is 11.5 Å². The van der Waals surface area contributed by atoms with E-state index in [0.29, 0.717) is 5.92 Å². The van der Waals surface area contributed by atoms with Crippen LogP contribution in [0.3, 0.4) is 0 Å². The zero-order valence-electron chi connectivity index (χ0n) is 12.5. The van der Waals surface area contributed by atoms with Gasteiger partial charge in [0, 0.05) is 30.9 Å². The number of aromatic amines is 1. The van der Waals surface area contributed by atoms with Gasteiger partial charge in [0.2, 0.25) is 0 Å². The van der Waals surface area contributed by atoms with Crippen molar-refractivity contribution in [3.05, 3.63) is 41.7 Å². The molecule has 1 N–H and O–H groups in total. The van der Waals surface area contributed by atoms with Gasteiger partial charge in [0.05, 0.1) is 19.8 Å². The van der Waals surface area contributed by atoms with Crippen LogP contribution in [0.4, 0.5) is 0 Å². The van der Waals surface area contributed by atoms with Crippen molar-refractivity contribution in [1.82, 2.24) is 15.1 Å². The molecule has 1 unspecified atom stereocenters. The normalized spacial score (nSPS) is 18.9. The molecule has 1 atom stereocenters. The molecule has 3 rings (SSSR count). The van der Waals surface area contributed by atoms with E-state index in [1.807, 2.05) is 24.4 Å². The molecule has 0 amide bonds. The van der Waals surface area contributed by atoms with E-state index >= 15 is 0 Å². The summed E-state index contributed by atoms with van der Waals surface area (Å²) in [5, 5.41) is 7.13. The average molecular weight is 287 g/mol. The highest BCUT2D eigenvalue weighted by Crippen LogP contribution is 2.33. The van der Waals surface area contributed by atoms with Crippen molar-refractivity contribution in [2.45, 2.75) is 18.9 Å². The Labute approximate surface area is 124 Å². The quantitative estimate of drug-likeness (QED) is 0.917. The smallest absolute Gasteiger partial charge is 0.127 e. The van der Waals surface area contributed by atoms with Gasteiger partial charge in [0.25, 0.3) is 0 Å². The fourth-order valence-corrected chi connectivity index (χ4v) is 3.03. The van der Waals surface area contributed by atoms with Gasteiger partial charge in [0.15, 0.2) is 0 Å². The number of H-pyrrole nitrogens is 1. The number of methoxy groups -OCH3 is 2. The first kappa shape index (κ1) is 13.9. The van der Waals surface area contributed by atoms with E-state index in [2.05, 4.69) is 21.2 Å². The van der Waals surface area contributed by atoms with Gasteiger partial charge in [-0.05, 0) is 31.2 Å². The minimum Gasteiger partial charge on any atom is -0.496 e. The Hall–Kier alpha value is -2.01. The molecular formula is C16H21N3O2. The largest absolute Gasteiger partial charge is 0.496 e. The van der Waals surface area contributed by atoms with Crippen molar-refractivity contribution < 1.29 is 9.47 Å². The lowest BCUT2D eigenvalue weighted by atomic mass is 10.1. The second-order valence-electron chi connectivity index (χ2n) is 5.37. The first-order chi connectivity index (χ1) is 10.3. The monoisotopic (exact) mass is 287 g/mol. The highest BCUT2D eigenvalue weighted by molar-refractivity contribution is 5.44. The topological polar surface area (TPSA) is 50.4 Å². The summed E-state index contributed by atoms with van der Waals surface area (Å²) < 4.78 is 10.9. The van der Waals surface area contributed by atoms with Crippen molar-refractivity contribution in [3.8, 4) is 11.5 Å². The van der Waals surface area contributed by atoms with E-state index in [1.54, 1.807) is 14.2 Å². The molecule has 0 saturated carbocycles. The number of ether oxygens (including phenoxy) is 2. The molecule has 2 heterocycles. The van der Waals surface area contributed by atoms with Crippen LogP contribution in [0.1, 0.15) is 23.6 Å². The van der Waals surface area contributed by atoms with Gasteiger partial charge in [-0.15, -0.1) is 0 Å². The maximum atomic E-state index is 5.47. The maximum absolute atomic E-state index is 5.47. The number of hydrogen-bond donors (Lipinski definition) is 1. The molecule has 1 fully saturated rings. The molecule has 1 saturated heterocycles. The maximum Gasteiger partial charge on any atom is 0.127 e. The summed E-state index contributed by atoms with van der Waals surface area (Å²) in [5.74, 6) is 2.31. The third-order valence-corrected chi connectivity index (χ3v) is 4.15. The van der Waals surface area contributed by atoms with Gasteiger partial charge in [-0.2, -0.15) is 5.10 Å². The molecule has 2 aromatic rings. The molecule has 1 aromatic carbocycles. The highest BCUT2D eigenvalue weighted by atomic mass is 16.5. The number of aromatic nitrogens is 2. The standard InChI is InChI=1S/C16H21N3O2/c1-20-15-4-3-5-16(21-2)13(15)11-19-9-7-12(10-19)14-6-8-17-18-14/h3-6,8,12H,7,9-11H2,1-2H3,(H,17,18). The lowest BCUT2D eigenvalue weighted by Gasteiger charge is -2.19. The van der Waals surface area contributed by atoms with Crippen molar-refractivity contribution in [2.75, 3.05) is 27.3 Å². The summed E-state index contributed by atoms with van der Waals surface area (Å²) in [6.45, 7) is 2.95. The van der Waals surface area contributed by atoms with Crippen LogP contribution in [0.2, 0.25) is 0 Å². The molecule has 1 aromatic heterocycles. The highest BCUT2D eigenvalue weighted by Gasteiger charge is 2.26. The third-order valence-electron chi connectivity index (χ3n) is 4.15. The Morgan fingerprint density at radius 3 is 2.62 bits per heavy atom.